The predicted molar refractivity (Wildman–Crippen MR) is 160 cm³/mol. The van der Waals surface area contributed by atoms with Crippen LogP contribution in [0.1, 0.15) is 59.3 Å². The highest BCUT2D eigenvalue weighted by Gasteiger charge is 2.40. The number of benzene rings is 2. The van der Waals surface area contributed by atoms with Crippen molar-refractivity contribution in [2.45, 2.75) is 71.9 Å². The van der Waals surface area contributed by atoms with Crippen LogP contribution in [0.15, 0.2) is 0 Å². The van der Waals surface area contributed by atoms with E-state index in [1.54, 1.807) is 6.92 Å². The molecule has 0 radical (unpaired) electrons. The van der Waals surface area contributed by atoms with Gasteiger partial charge in [-0.15, -0.1) is 0 Å². The fraction of sp³-hybridized carbons (Fsp3) is 0.625. The molecule has 47 heavy (non-hydrogen) atoms. The molecule has 1 heterocycles. The first-order chi connectivity index (χ1) is 22.4. The number of unbranched alkanes of at least 4 members (excludes halogenated alkanes) is 3. The molecule has 0 bridgehead atoms. The second kappa shape index (κ2) is 17.8. The standard InChI is InChI=1S/C32H42F8O6Si/c1-5-32(17-42-18-32)19-44-31-28(39)24(35)21(25(36)29(31)40)20-22(33)26(37)30(27(38)23(20)34)43-15-11-9-8-10-13-41-14-12-16-47(4,45-6-2)46-7-3/h5-19H2,1-4H3. The minimum Gasteiger partial charge on any atom is -0.487 e. The number of rotatable bonds is 21. The quantitative estimate of drug-likeness (QED) is 0.0562. The van der Waals surface area contributed by atoms with Gasteiger partial charge in [0.25, 0.3) is 0 Å². The molecule has 1 saturated heterocycles. The van der Waals surface area contributed by atoms with Gasteiger partial charge in [0.15, 0.2) is 34.8 Å². The third-order valence-corrected chi connectivity index (χ3v) is 11.1. The van der Waals surface area contributed by atoms with E-state index in [-0.39, 0.29) is 32.8 Å². The second-order valence-corrected chi connectivity index (χ2v) is 14.9. The molecule has 1 fully saturated rings. The Bertz CT molecular complexity index is 1270. The van der Waals surface area contributed by atoms with E-state index in [0.29, 0.717) is 52.1 Å². The lowest BCUT2D eigenvalue weighted by molar-refractivity contribution is -0.134. The van der Waals surface area contributed by atoms with Gasteiger partial charge in [0.2, 0.25) is 23.3 Å². The van der Waals surface area contributed by atoms with Crippen LogP contribution in [0.4, 0.5) is 35.1 Å². The van der Waals surface area contributed by atoms with Gasteiger partial charge in [-0.3, -0.25) is 0 Å². The van der Waals surface area contributed by atoms with Crippen molar-refractivity contribution < 1.29 is 62.9 Å². The van der Waals surface area contributed by atoms with Crippen molar-refractivity contribution in [3.63, 3.8) is 0 Å². The van der Waals surface area contributed by atoms with Crippen LogP contribution in [0.5, 0.6) is 11.5 Å². The number of hydrogen-bond donors (Lipinski definition) is 0. The molecular weight excluding hydrogens is 660 g/mol. The van der Waals surface area contributed by atoms with Crippen molar-refractivity contribution in [2.24, 2.45) is 5.41 Å². The fourth-order valence-corrected chi connectivity index (χ4v) is 7.53. The molecule has 0 aliphatic carbocycles. The summed E-state index contributed by atoms with van der Waals surface area (Å²) in [5.74, 6) is -20.6. The summed E-state index contributed by atoms with van der Waals surface area (Å²) in [6.45, 7) is 9.47. The third-order valence-electron chi connectivity index (χ3n) is 8.03. The van der Waals surface area contributed by atoms with Gasteiger partial charge in [0.1, 0.15) is 0 Å². The van der Waals surface area contributed by atoms with Gasteiger partial charge in [0.05, 0.1) is 43.0 Å². The van der Waals surface area contributed by atoms with Crippen LogP contribution in [0.2, 0.25) is 12.6 Å². The Kier molecular flexibility index (Phi) is 14.8. The summed E-state index contributed by atoms with van der Waals surface area (Å²) in [4.78, 5) is 0. The molecule has 15 heteroatoms. The Hall–Kier alpha value is -2.46. The van der Waals surface area contributed by atoms with Crippen molar-refractivity contribution in [3.05, 3.63) is 46.5 Å². The summed E-state index contributed by atoms with van der Waals surface area (Å²) in [5, 5.41) is 0. The predicted octanol–water partition coefficient (Wildman–Crippen LogP) is 8.76. The van der Waals surface area contributed by atoms with Gasteiger partial charge in [-0.2, -0.15) is 17.6 Å². The van der Waals surface area contributed by atoms with Gasteiger partial charge >= 0.3 is 8.56 Å². The molecule has 0 N–H and O–H groups in total. The molecule has 3 rings (SSSR count). The maximum Gasteiger partial charge on any atom is 0.334 e. The Labute approximate surface area is 270 Å². The zero-order valence-electron chi connectivity index (χ0n) is 27.1. The molecule has 1 aliphatic heterocycles. The topological polar surface area (TPSA) is 55.4 Å². The van der Waals surface area contributed by atoms with E-state index >= 15 is 0 Å². The van der Waals surface area contributed by atoms with Crippen LogP contribution in [0, 0.1) is 52.0 Å². The monoisotopic (exact) mass is 702 g/mol. The lowest BCUT2D eigenvalue weighted by Gasteiger charge is -2.40. The molecule has 266 valence electrons. The first-order valence-electron chi connectivity index (χ1n) is 15.8. The fourth-order valence-electron chi connectivity index (χ4n) is 5.15. The van der Waals surface area contributed by atoms with Crippen LogP contribution >= 0.6 is 0 Å². The van der Waals surface area contributed by atoms with E-state index in [2.05, 4.69) is 0 Å². The molecule has 0 aromatic heterocycles. The van der Waals surface area contributed by atoms with E-state index in [4.69, 9.17) is 27.8 Å². The van der Waals surface area contributed by atoms with Crippen LogP contribution in [0.3, 0.4) is 0 Å². The highest BCUT2D eigenvalue weighted by Crippen LogP contribution is 2.42. The van der Waals surface area contributed by atoms with Gasteiger partial charge in [0, 0.05) is 26.4 Å². The molecule has 0 spiro atoms. The highest BCUT2D eigenvalue weighted by molar-refractivity contribution is 6.66. The van der Waals surface area contributed by atoms with Crippen molar-refractivity contribution in [2.75, 3.05) is 52.9 Å². The molecular formula is C32H42F8O6Si. The largest absolute Gasteiger partial charge is 0.487 e. The average molecular weight is 703 g/mol. The molecule has 6 nitrogen and oxygen atoms in total. The summed E-state index contributed by atoms with van der Waals surface area (Å²) < 4.78 is 151. The van der Waals surface area contributed by atoms with E-state index in [9.17, 15) is 35.1 Å². The Morgan fingerprint density at radius 2 is 1.04 bits per heavy atom. The molecule has 1 aliphatic rings. The lowest BCUT2D eigenvalue weighted by atomic mass is 9.84. The van der Waals surface area contributed by atoms with E-state index < -0.39 is 83.1 Å². The summed E-state index contributed by atoms with van der Waals surface area (Å²) >= 11 is 0. The Morgan fingerprint density at radius 3 is 1.47 bits per heavy atom. The average Bonchev–Trinajstić information content (AvgIpc) is 3.02. The zero-order valence-corrected chi connectivity index (χ0v) is 28.1. The first kappa shape index (κ1) is 39.0. The minimum atomic E-state index is -2.29. The van der Waals surface area contributed by atoms with Crippen LogP contribution in [-0.4, -0.2) is 61.4 Å². The van der Waals surface area contributed by atoms with E-state index in [0.717, 1.165) is 12.5 Å². The highest BCUT2D eigenvalue weighted by atomic mass is 28.4. The normalized spacial score (nSPS) is 14.4. The van der Waals surface area contributed by atoms with Crippen LogP contribution in [-0.2, 0) is 18.3 Å². The van der Waals surface area contributed by atoms with Crippen molar-refractivity contribution in [1.82, 2.24) is 0 Å². The number of ether oxygens (including phenoxy) is 4. The third kappa shape index (κ3) is 9.37. The van der Waals surface area contributed by atoms with Crippen molar-refractivity contribution >= 4 is 8.56 Å². The van der Waals surface area contributed by atoms with Gasteiger partial charge in [-0.1, -0.05) is 13.3 Å². The molecule has 0 unspecified atom stereocenters. The summed E-state index contributed by atoms with van der Waals surface area (Å²) in [6.07, 6.45) is 3.40. The van der Waals surface area contributed by atoms with Gasteiger partial charge in [-0.25, -0.2) is 17.6 Å². The number of halogens is 8. The minimum absolute atomic E-state index is 0.181. The number of hydrogen-bond acceptors (Lipinski definition) is 6. The summed E-state index contributed by atoms with van der Waals surface area (Å²) in [6, 6.07) is 0.802. The molecule has 0 saturated carbocycles. The summed E-state index contributed by atoms with van der Waals surface area (Å²) in [5.41, 5.74) is -4.57. The molecule has 2 aromatic carbocycles. The van der Waals surface area contributed by atoms with Crippen molar-refractivity contribution in [1.29, 1.82) is 0 Å². The molecule has 0 atom stereocenters. The Morgan fingerprint density at radius 1 is 0.596 bits per heavy atom. The first-order valence-corrected chi connectivity index (χ1v) is 18.3. The molecule has 2 aromatic rings. The lowest BCUT2D eigenvalue weighted by Crippen LogP contribution is -2.46. The Balaban J connectivity index is 1.56. The van der Waals surface area contributed by atoms with Gasteiger partial charge < -0.3 is 27.8 Å². The van der Waals surface area contributed by atoms with Gasteiger partial charge in [-0.05, 0) is 58.5 Å². The van der Waals surface area contributed by atoms with E-state index in [1.807, 2.05) is 20.4 Å². The van der Waals surface area contributed by atoms with E-state index in [1.165, 1.54) is 0 Å². The smallest absolute Gasteiger partial charge is 0.334 e. The zero-order chi connectivity index (χ0) is 34.8. The SMILES string of the molecule is CCO[Si](C)(CCCOCCCCCCOc1c(F)c(F)c(-c2c(F)c(F)c(OCC3(CC)COC3)c(F)c2F)c(F)c1F)OCC. The second-order valence-electron chi connectivity index (χ2n) is 11.5. The summed E-state index contributed by atoms with van der Waals surface area (Å²) in [7, 11) is -2.19. The molecule has 0 amide bonds. The maximum atomic E-state index is 15.0. The van der Waals surface area contributed by atoms with Crippen LogP contribution in [0.25, 0.3) is 11.1 Å². The maximum absolute atomic E-state index is 15.0. The van der Waals surface area contributed by atoms with Crippen LogP contribution < -0.4 is 9.47 Å². The van der Waals surface area contributed by atoms with Crippen molar-refractivity contribution in [3.8, 4) is 22.6 Å².